The summed E-state index contributed by atoms with van der Waals surface area (Å²) in [6.45, 7) is 1.51. The molecular formula is C13H17F2NO. The highest BCUT2D eigenvalue weighted by atomic mass is 19.1. The standard InChI is InChI=1S/C13H17F2NO/c1-16-7-5-13(17,6-8-16)9-10-11(14)3-2-4-12(10)15/h2-4,17H,5-9H2,1H3. The largest absolute Gasteiger partial charge is 0.389 e. The molecule has 0 spiro atoms. The molecule has 0 radical (unpaired) electrons. The van der Waals surface area contributed by atoms with Crippen LogP contribution in [0.4, 0.5) is 8.78 Å². The fourth-order valence-corrected chi connectivity index (χ4v) is 2.24. The molecule has 1 fully saturated rings. The second-order valence-electron chi connectivity index (χ2n) is 4.90. The summed E-state index contributed by atoms with van der Waals surface area (Å²) >= 11 is 0. The highest BCUT2D eigenvalue weighted by Crippen LogP contribution is 2.27. The Hall–Kier alpha value is -1.00. The van der Waals surface area contributed by atoms with Gasteiger partial charge in [-0.1, -0.05) is 6.07 Å². The van der Waals surface area contributed by atoms with Crippen molar-refractivity contribution in [2.24, 2.45) is 0 Å². The van der Waals surface area contributed by atoms with Gasteiger partial charge < -0.3 is 10.0 Å². The highest BCUT2D eigenvalue weighted by molar-refractivity contribution is 5.21. The third-order valence-electron chi connectivity index (χ3n) is 3.49. The zero-order chi connectivity index (χ0) is 12.5. The minimum absolute atomic E-state index is 0.000414. The maximum Gasteiger partial charge on any atom is 0.129 e. The highest BCUT2D eigenvalue weighted by Gasteiger charge is 2.33. The van der Waals surface area contributed by atoms with Gasteiger partial charge in [-0.25, -0.2) is 8.78 Å². The predicted octanol–water partition coefficient (Wildman–Crippen LogP) is 1.96. The Morgan fingerprint density at radius 3 is 2.29 bits per heavy atom. The molecule has 17 heavy (non-hydrogen) atoms. The van der Waals surface area contributed by atoms with E-state index in [4.69, 9.17) is 0 Å². The number of halogens is 2. The summed E-state index contributed by atoms with van der Waals surface area (Å²) in [7, 11) is 1.98. The topological polar surface area (TPSA) is 23.5 Å². The van der Waals surface area contributed by atoms with Crippen molar-refractivity contribution in [3.05, 3.63) is 35.4 Å². The first-order valence-electron chi connectivity index (χ1n) is 5.84. The summed E-state index contributed by atoms with van der Waals surface area (Å²) in [4.78, 5) is 2.10. The average Bonchev–Trinajstić information content (AvgIpc) is 2.29. The number of rotatable bonds is 2. The van der Waals surface area contributed by atoms with Crippen LogP contribution in [0.5, 0.6) is 0 Å². The lowest BCUT2D eigenvalue weighted by Crippen LogP contribution is -2.44. The van der Waals surface area contributed by atoms with E-state index >= 15 is 0 Å². The van der Waals surface area contributed by atoms with E-state index in [-0.39, 0.29) is 12.0 Å². The molecule has 1 heterocycles. The molecule has 94 valence electrons. The zero-order valence-corrected chi connectivity index (χ0v) is 9.92. The zero-order valence-electron chi connectivity index (χ0n) is 9.92. The van der Waals surface area contributed by atoms with E-state index in [1.807, 2.05) is 7.05 Å². The summed E-state index contributed by atoms with van der Waals surface area (Å²) in [5.74, 6) is -1.14. The molecule has 4 heteroatoms. The van der Waals surface area contributed by atoms with Crippen LogP contribution < -0.4 is 0 Å². The lowest BCUT2D eigenvalue weighted by atomic mass is 9.85. The van der Waals surface area contributed by atoms with Crippen LogP contribution >= 0.6 is 0 Å². The van der Waals surface area contributed by atoms with Crippen LogP contribution in [0.2, 0.25) is 0 Å². The van der Waals surface area contributed by atoms with Crippen LogP contribution in [0.15, 0.2) is 18.2 Å². The van der Waals surface area contributed by atoms with Gasteiger partial charge in [0, 0.05) is 25.1 Å². The van der Waals surface area contributed by atoms with Crippen molar-refractivity contribution in [2.75, 3.05) is 20.1 Å². The number of likely N-dealkylation sites (tertiary alicyclic amines) is 1. The summed E-state index contributed by atoms with van der Waals surface area (Å²) in [5, 5.41) is 10.3. The first-order valence-corrected chi connectivity index (χ1v) is 5.84. The van der Waals surface area contributed by atoms with Gasteiger partial charge in [0.05, 0.1) is 5.60 Å². The van der Waals surface area contributed by atoms with Crippen LogP contribution in [0.3, 0.4) is 0 Å². The molecule has 1 aromatic carbocycles. The van der Waals surface area contributed by atoms with Gasteiger partial charge in [0.2, 0.25) is 0 Å². The fraction of sp³-hybridized carbons (Fsp3) is 0.538. The maximum absolute atomic E-state index is 13.5. The summed E-state index contributed by atoms with van der Waals surface area (Å²) < 4.78 is 27.0. The van der Waals surface area contributed by atoms with Crippen LogP contribution in [0, 0.1) is 11.6 Å². The molecule has 1 aromatic rings. The predicted molar refractivity (Wildman–Crippen MR) is 61.7 cm³/mol. The third-order valence-corrected chi connectivity index (χ3v) is 3.49. The van der Waals surface area contributed by atoms with Gasteiger partial charge in [0.25, 0.3) is 0 Å². The van der Waals surface area contributed by atoms with E-state index in [9.17, 15) is 13.9 Å². The van der Waals surface area contributed by atoms with E-state index in [0.717, 1.165) is 13.1 Å². The molecule has 0 aliphatic carbocycles. The van der Waals surface area contributed by atoms with Crippen molar-refractivity contribution in [1.29, 1.82) is 0 Å². The van der Waals surface area contributed by atoms with Crippen molar-refractivity contribution in [1.82, 2.24) is 4.90 Å². The van der Waals surface area contributed by atoms with Crippen LogP contribution in [0.1, 0.15) is 18.4 Å². The van der Waals surface area contributed by atoms with Gasteiger partial charge in [-0.05, 0) is 32.0 Å². The van der Waals surface area contributed by atoms with Gasteiger partial charge in [0.1, 0.15) is 11.6 Å². The minimum atomic E-state index is -0.977. The average molecular weight is 241 g/mol. The second kappa shape index (κ2) is 4.70. The smallest absolute Gasteiger partial charge is 0.129 e. The van der Waals surface area contributed by atoms with Crippen molar-refractivity contribution in [3.63, 3.8) is 0 Å². The molecule has 1 saturated heterocycles. The molecule has 0 aromatic heterocycles. The monoisotopic (exact) mass is 241 g/mol. The maximum atomic E-state index is 13.5. The molecule has 2 rings (SSSR count). The van der Waals surface area contributed by atoms with Gasteiger partial charge in [-0.3, -0.25) is 0 Å². The van der Waals surface area contributed by atoms with Crippen molar-refractivity contribution >= 4 is 0 Å². The fourth-order valence-electron chi connectivity index (χ4n) is 2.24. The van der Waals surface area contributed by atoms with E-state index in [1.54, 1.807) is 0 Å². The van der Waals surface area contributed by atoms with Crippen LogP contribution in [-0.4, -0.2) is 35.7 Å². The molecule has 0 unspecified atom stereocenters. The number of nitrogens with zero attached hydrogens (tertiary/aromatic N) is 1. The number of hydrogen-bond acceptors (Lipinski definition) is 2. The lowest BCUT2D eigenvalue weighted by Gasteiger charge is -2.36. The van der Waals surface area contributed by atoms with Crippen LogP contribution in [-0.2, 0) is 6.42 Å². The van der Waals surface area contributed by atoms with Crippen molar-refractivity contribution in [3.8, 4) is 0 Å². The Balaban J connectivity index is 2.15. The summed E-state index contributed by atoms with van der Waals surface area (Å²) in [6.07, 6.45) is 1.16. The van der Waals surface area contributed by atoms with E-state index in [2.05, 4.69) is 4.90 Å². The van der Waals surface area contributed by atoms with E-state index in [1.165, 1.54) is 18.2 Å². The van der Waals surface area contributed by atoms with Crippen molar-refractivity contribution < 1.29 is 13.9 Å². The first kappa shape index (κ1) is 12.5. The quantitative estimate of drug-likeness (QED) is 0.855. The Morgan fingerprint density at radius 1 is 1.24 bits per heavy atom. The van der Waals surface area contributed by atoms with Gasteiger partial charge >= 0.3 is 0 Å². The molecule has 1 N–H and O–H groups in total. The molecule has 2 nitrogen and oxygen atoms in total. The first-order chi connectivity index (χ1) is 8.00. The second-order valence-corrected chi connectivity index (χ2v) is 4.90. The number of piperidine rings is 1. The number of benzene rings is 1. The Kier molecular flexibility index (Phi) is 3.45. The summed E-state index contributed by atoms with van der Waals surface area (Å²) in [6, 6.07) is 3.81. The normalized spacial score (nSPS) is 20.5. The van der Waals surface area contributed by atoms with Gasteiger partial charge in [-0.15, -0.1) is 0 Å². The Bertz CT molecular complexity index is 380. The molecule has 1 aliphatic rings. The molecular weight excluding hydrogens is 224 g/mol. The van der Waals surface area contributed by atoms with Gasteiger partial charge in [-0.2, -0.15) is 0 Å². The van der Waals surface area contributed by atoms with E-state index in [0.29, 0.717) is 12.8 Å². The van der Waals surface area contributed by atoms with E-state index < -0.39 is 17.2 Å². The van der Waals surface area contributed by atoms with Crippen molar-refractivity contribution in [2.45, 2.75) is 24.9 Å². The summed E-state index contributed by atoms with van der Waals surface area (Å²) in [5.41, 5.74) is -0.977. The van der Waals surface area contributed by atoms with Crippen LogP contribution in [0.25, 0.3) is 0 Å². The third kappa shape index (κ3) is 2.82. The molecule has 1 aliphatic heterocycles. The molecule has 0 bridgehead atoms. The Morgan fingerprint density at radius 2 is 1.76 bits per heavy atom. The Labute approximate surface area is 99.9 Å². The number of hydrogen-bond donors (Lipinski definition) is 1. The molecule has 0 saturated carbocycles. The number of aliphatic hydroxyl groups is 1. The lowest BCUT2D eigenvalue weighted by molar-refractivity contribution is -0.0162. The van der Waals surface area contributed by atoms with Gasteiger partial charge in [0.15, 0.2) is 0 Å². The SMILES string of the molecule is CN1CCC(O)(Cc2c(F)cccc2F)CC1. The molecule has 0 amide bonds. The molecule has 0 atom stereocenters. The minimum Gasteiger partial charge on any atom is -0.389 e.